The van der Waals surface area contributed by atoms with Crippen molar-refractivity contribution in [2.45, 2.75) is 45.6 Å². The molecule has 1 unspecified atom stereocenters. The summed E-state index contributed by atoms with van der Waals surface area (Å²) >= 11 is 0. The topological polar surface area (TPSA) is 32.3 Å². The number of hydrogen-bond donors (Lipinski definition) is 2. The lowest BCUT2D eigenvalue weighted by atomic mass is 9.89. The molecular weight excluding hydrogens is 234 g/mol. The molecule has 1 atom stereocenters. The van der Waals surface area contributed by atoms with Gasteiger partial charge in [-0.2, -0.15) is 0 Å². The van der Waals surface area contributed by atoms with Gasteiger partial charge in [-0.3, -0.25) is 0 Å². The van der Waals surface area contributed by atoms with Crippen molar-refractivity contribution in [3.05, 3.63) is 35.9 Å². The first-order valence-corrected chi connectivity index (χ1v) is 7.49. The molecule has 2 heteroatoms. The van der Waals surface area contributed by atoms with E-state index in [4.69, 9.17) is 5.11 Å². The summed E-state index contributed by atoms with van der Waals surface area (Å²) < 4.78 is 0. The number of aliphatic hydroxyl groups is 1. The highest BCUT2D eigenvalue weighted by molar-refractivity contribution is 5.16. The van der Waals surface area contributed by atoms with E-state index in [2.05, 4.69) is 49.5 Å². The third-order valence-corrected chi connectivity index (χ3v) is 4.12. The van der Waals surface area contributed by atoms with Gasteiger partial charge in [0, 0.05) is 19.2 Å². The van der Waals surface area contributed by atoms with Crippen LogP contribution in [0.25, 0.3) is 0 Å². The molecule has 0 bridgehead atoms. The molecule has 0 saturated heterocycles. The van der Waals surface area contributed by atoms with Crippen LogP contribution < -0.4 is 5.32 Å². The van der Waals surface area contributed by atoms with Crippen molar-refractivity contribution in [1.82, 2.24) is 5.32 Å². The standard InChI is InChI=1S/C17H27NO/c1-17(2,10-11-19)13-18-16(15-8-9-15)12-14-6-4-3-5-7-14/h3-7,15-16,18-19H,8-13H2,1-2H3. The van der Waals surface area contributed by atoms with Crippen LogP contribution in [0.3, 0.4) is 0 Å². The third kappa shape index (κ3) is 4.96. The molecule has 0 radical (unpaired) electrons. The molecule has 2 nitrogen and oxygen atoms in total. The lowest BCUT2D eigenvalue weighted by Crippen LogP contribution is -2.40. The van der Waals surface area contributed by atoms with Gasteiger partial charge < -0.3 is 10.4 Å². The molecule has 1 aromatic carbocycles. The van der Waals surface area contributed by atoms with Crippen molar-refractivity contribution >= 4 is 0 Å². The Morgan fingerprint density at radius 2 is 1.95 bits per heavy atom. The largest absolute Gasteiger partial charge is 0.396 e. The van der Waals surface area contributed by atoms with Gasteiger partial charge in [0.2, 0.25) is 0 Å². The van der Waals surface area contributed by atoms with Crippen molar-refractivity contribution in [3.8, 4) is 0 Å². The monoisotopic (exact) mass is 261 g/mol. The lowest BCUT2D eigenvalue weighted by Gasteiger charge is -2.28. The molecule has 0 aliphatic heterocycles. The van der Waals surface area contributed by atoms with Gasteiger partial charge in [0.1, 0.15) is 0 Å². The predicted octanol–water partition coefficient (Wildman–Crippen LogP) is 3.01. The van der Waals surface area contributed by atoms with E-state index >= 15 is 0 Å². The van der Waals surface area contributed by atoms with Crippen molar-refractivity contribution in [3.63, 3.8) is 0 Å². The van der Waals surface area contributed by atoms with Crippen molar-refractivity contribution in [1.29, 1.82) is 0 Å². The fourth-order valence-electron chi connectivity index (χ4n) is 2.57. The maximum Gasteiger partial charge on any atom is 0.0436 e. The minimum absolute atomic E-state index is 0.179. The SMILES string of the molecule is CC(C)(CCO)CNC(Cc1ccccc1)C1CC1. The maximum atomic E-state index is 9.10. The quantitative estimate of drug-likeness (QED) is 0.754. The van der Waals surface area contributed by atoms with Gasteiger partial charge in [0.15, 0.2) is 0 Å². The second-order valence-corrected chi connectivity index (χ2v) is 6.65. The summed E-state index contributed by atoms with van der Waals surface area (Å²) in [6.07, 6.45) is 4.72. The Morgan fingerprint density at radius 1 is 1.26 bits per heavy atom. The van der Waals surface area contributed by atoms with Gasteiger partial charge in [0.05, 0.1) is 0 Å². The fourth-order valence-corrected chi connectivity index (χ4v) is 2.57. The van der Waals surface area contributed by atoms with Gasteiger partial charge in [-0.15, -0.1) is 0 Å². The summed E-state index contributed by atoms with van der Waals surface area (Å²) in [7, 11) is 0. The van der Waals surface area contributed by atoms with Crippen LogP contribution in [-0.4, -0.2) is 24.3 Å². The molecule has 1 fully saturated rings. The molecule has 2 N–H and O–H groups in total. The van der Waals surface area contributed by atoms with E-state index in [1.807, 2.05) is 0 Å². The van der Waals surface area contributed by atoms with E-state index < -0.39 is 0 Å². The Balaban J connectivity index is 1.87. The second-order valence-electron chi connectivity index (χ2n) is 6.65. The first-order valence-electron chi connectivity index (χ1n) is 7.49. The molecule has 106 valence electrons. The maximum absolute atomic E-state index is 9.10. The van der Waals surface area contributed by atoms with Gasteiger partial charge in [0.25, 0.3) is 0 Å². The minimum atomic E-state index is 0.179. The fraction of sp³-hybridized carbons (Fsp3) is 0.647. The van der Waals surface area contributed by atoms with Gasteiger partial charge in [-0.1, -0.05) is 44.2 Å². The molecule has 1 aromatic rings. The number of rotatable bonds is 8. The van der Waals surface area contributed by atoms with Gasteiger partial charge in [-0.25, -0.2) is 0 Å². The van der Waals surface area contributed by atoms with E-state index in [1.54, 1.807) is 0 Å². The molecular formula is C17H27NO. The van der Waals surface area contributed by atoms with Crippen molar-refractivity contribution in [2.24, 2.45) is 11.3 Å². The molecule has 1 aliphatic carbocycles. The Labute approximate surface area is 117 Å². The van der Waals surface area contributed by atoms with E-state index in [-0.39, 0.29) is 12.0 Å². The summed E-state index contributed by atoms with van der Waals surface area (Å²) in [5.74, 6) is 0.852. The Hall–Kier alpha value is -0.860. The Morgan fingerprint density at radius 3 is 2.53 bits per heavy atom. The number of aliphatic hydroxyl groups excluding tert-OH is 1. The van der Waals surface area contributed by atoms with E-state index in [0.717, 1.165) is 25.3 Å². The lowest BCUT2D eigenvalue weighted by molar-refractivity contribution is 0.200. The zero-order valence-corrected chi connectivity index (χ0v) is 12.2. The number of nitrogens with one attached hydrogen (secondary N) is 1. The highest BCUT2D eigenvalue weighted by atomic mass is 16.3. The second kappa shape index (κ2) is 6.53. The molecule has 2 rings (SSSR count). The van der Waals surface area contributed by atoms with Gasteiger partial charge in [-0.05, 0) is 42.6 Å². The van der Waals surface area contributed by atoms with Crippen LogP contribution in [0.1, 0.15) is 38.7 Å². The molecule has 1 aliphatic rings. The van der Waals surface area contributed by atoms with E-state index in [1.165, 1.54) is 18.4 Å². The van der Waals surface area contributed by atoms with E-state index in [0.29, 0.717) is 6.04 Å². The zero-order chi connectivity index (χ0) is 13.7. The highest BCUT2D eigenvalue weighted by Crippen LogP contribution is 2.34. The van der Waals surface area contributed by atoms with Crippen LogP contribution in [0, 0.1) is 11.3 Å². The van der Waals surface area contributed by atoms with Crippen molar-refractivity contribution < 1.29 is 5.11 Å². The summed E-state index contributed by atoms with van der Waals surface area (Å²) in [6, 6.07) is 11.4. The van der Waals surface area contributed by atoms with Crippen LogP contribution in [-0.2, 0) is 6.42 Å². The molecule has 19 heavy (non-hydrogen) atoms. The normalized spacial score (nSPS) is 17.4. The molecule has 0 spiro atoms. The summed E-state index contributed by atoms with van der Waals surface area (Å²) in [6.45, 7) is 5.72. The number of hydrogen-bond acceptors (Lipinski definition) is 2. The Bertz CT molecular complexity index is 370. The first-order chi connectivity index (χ1) is 9.11. The first kappa shape index (κ1) is 14.5. The minimum Gasteiger partial charge on any atom is -0.396 e. The van der Waals surface area contributed by atoms with E-state index in [9.17, 15) is 0 Å². The average Bonchev–Trinajstić information content (AvgIpc) is 3.20. The van der Waals surface area contributed by atoms with Gasteiger partial charge >= 0.3 is 0 Å². The summed E-state index contributed by atoms with van der Waals surface area (Å²) in [4.78, 5) is 0. The highest BCUT2D eigenvalue weighted by Gasteiger charge is 2.32. The number of benzene rings is 1. The molecule has 0 heterocycles. The summed E-state index contributed by atoms with van der Waals surface area (Å²) in [5, 5.41) is 12.8. The van der Waals surface area contributed by atoms with Crippen LogP contribution in [0.2, 0.25) is 0 Å². The van der Waals surface area contributed by atoms with Crippen LogP contribution in [0.15, 0.2) is 30.3 Å². The van der Waals surface area contributed by atoms with Crippen LogP contribution >= 0.6 is 0 Å². The van der Waals surface area contributed by atoms with Crippen LogP contribution in [0.4, 0.5) is 0 Å². The zero-order valence-electron chi connectivity index (χ0n) is 12.2. The Kier molecular flexibility index (Phi) is 5.00. The van der Waals surface area contributed by atoms with Crippen molar-refractivity contribution in [2.75, 3.05) is 13.2 Å². The molecule has 1 saturated carbocycles. The summed E-state index contributed by atoms with van der Waals surface area (Å²) in [5.41, 5.74) is 1.60. The predicted molar refractivity (Wildman–Crippen MR) is 80.1 cm³/mol. The van der Waals surface area contributed by atoms with Crippen LogP contribution in [0.5, 0.6) is 0 Å². The third-order valence-electron chi connectivity index (χ3n) is 4.12. The smallest absolute Gasteiger partial charge is 0.0436 e. The average molecular weight is 261 g/mol. The molecule has 0 amide bonds. The molecule has 0 aromatic heterocycles.